The van der Waals surface area contributed by atoms with Gasteiger partial charge >= 0.3 is 0 Å². The van der Waals surface area contributed by atoms with E-state index in [2.05, 4.69) is 21.0 Å². The van der Waals surface area contributed by atoms with E-state index in [-0.39, 0.29) is 6.04 Å². The van der Waals surface area contributed by atoms with Crippen molar-refractivity contribution in [2.75, 3.05) is 0 Å². The Labute approximate surface area is 126 Å². The molecule has 0 saturated carbocycles. The molecule has 6 heteroatoms. The van der Waals surface area contributed by atoms with Crippen LogP contribution in [-0.4, -0.2) is 9.55 Å². The van der Waals surface area contributed by atoms with E-state index >= 15 is 0 Å². The zero-order valence-corrected chi connectivity index (χ0v) is 12.6. The minimum Gasteiger partial charge on any atom is -0.331 e. The molecule has 20 heavy (non-hydrogen) atoms. The normalized spacial score (nSPS) is 12.9. The molecule has 2 aromatic heterocycles. The zero-order chi connectivity index (χ0) is 14.1. The lowest BCUT2D eigenvalue weighted by molar-refractivity contribution is 0.540. The maximum atomic E-state index is 6.19. The van der Waals surface area contributed by atoms with Crippen molar-refractivity contribution >= 4 is 34.0 Å². The lowest BCUT2D eigenvalue weighted by Crippen LogP contribution is -2.29. The molecule has 0 aliphatic rings. The van der Waals surface area contributed by atoms with Gasteiger partial charge in [0.1, 0.15) is 5.82 Å². The maximum absolute atomic E-state index is 6.19. The summed E-state index contributed by atoms with van der Waals surface area (Å²) in [6, 6.07) is 9.95. The maximum Gasteiger partial charge on any atom is 0.111 e. The fraction of sp³-hybridized carbons (Fsp3) is 0.214. The summed E-state index contributed by atoms with van der Waals surface area (Å²) in [5.41, 5.74) is 4.96. The molecule has 0 radical (unpaired) electrons. The Kier molecular flexibility index (Phi) is 3.76. The Balaban J connectivity index is 1.95. The first-order valence-corrected chi connectivity index (χ1v) is 7.56. The summed E-state index contributed by atoms with van der Waals surface area (Å²) in [7, 11) is 2.02. The van der Waals surface area contributed by atoms with E-state index in [1.807, 2.05) is 36.7 Å². The van der Waals surface area contributed by atoms with E-state index in [0.717, 1.165) is 26.8 Å². The summed E-state index contributed by atoms with van der Waals surface area (Å²) < 4.78 is 2.10. The molecule has 104 valence electrons. The number of rotatable bonds is 4. The molecule has 0 saturated heterocycles. The van der Waals surface area contributed by atoms with E-state index in [1.165, 1.54) is 0 Å². The van der Waals surface area contributed by atoms with Gasteiger partial charge in [-0.15, -0.1) is 11.3 Å². The number of aromatic nitrogens is 2. The number of imidazole rings is 1. The molecular weight excluding hydrogens is 292 g/mol. The number of para-hydroxylation sites is 2. The second-order valence-electron chi connectivity index (χ2n) is 4.63. The van der Waals surface area contributed by atoms with Crippen LogP contribution in [0.1, 0.15) is 16.7 Å². The van der Waals surface area contributed by atoms with Crippen LogP contribution in [0, 0.1) is 0 Å². The molecule has 3 rings (SSSR count). The third-order valence-electron chi connectivity index (χ3n) is 3.43. The van der Waals surface area contributed by atoms with Crippen molar-refractivity contribution in [1.82, 2.24) is 15.0 Å². The summed E-state index contributed by atoms with van der Waals surface area (Å²) in [4.78, 5) is 5.71. The van der Waals surface area contributed by atoms with Gasteiger partial charge in [-0.05, 0) is 23.6 Å². The molecule has 3 aromatic rings. The van der Waals surface area contributed by atoms with E-state index < -0.39 is 0 Å². The monoisotopic (exact) mass is 306 g/mol. The molecule has 0 aliphatic carbocycles. The van der Waals surface area contributed by atoms with Gasteiger partial charge in [0.05, 0.1) is 22.1 Å². The van der Waals surface area contributed by atoms with Crippen molar-refractivity contribution in [1.29, 1.82) is 0 Å². The first kappa shape index (κ1) is 13.6. The molecule has 3 N–H and O–H groups in total. The van der Waals surface area contributed by atoms with Crippen LogP contribution in [0.15, 0.2) is 35.7 Å². The summed E-state index contributed by atoms with van der Waals surface area (Å²) in [6.45, 7) is 0. The number of hydrogen-bond acceptors (Lipinski definition) is 4. The number of halogens is 1. The topological polar surface area (TPSA) is 55.9 Å². The van der Waals surface area contributed by atoms with Crippen molar-refractivity contribution in [2.45, 2.75) is 12.5 Å². The van der Waals surface area contributed by atoms with Gasteiger partial charge in [0.2, 0.25) is 0 Å². The van der Waals surface area contributed by atoms with E-state index in [0.29, 0.717) is 6.42 Å². The van der Waals surface area contributed by atoms with Crippen LogP contribution in [0.2, 0.25) is 5.02 Å². The molecule has 0 fully saturated rings. The Morgan fingerprint density at radius 1 is 1.40 bits per heavy atom. The number of nitrogens with zero attached hydrogens (tertiary/aromatic N) is 2. The number of fused-ring (bicyclic) bond motifs is 1. The van der Waals surface area contributed by atoms with Crippen LogP contribution in [0.4, 0.5) is 0 Å². The minimum atomic E-state index is -0.0296. The molecule has 1 atom stereocenters. The van der Waals surface area contributed by atoms with Gasteiger partial charge in [0.15, 0.2) is 0 Å². The van der Waals surface area contributed by atoms with Gasteiger partial charge in [0, 0.05) is 18.3 Å². The number of benzene rings is 1. The zero-order valence-electron chi connectivity index (χ0n) is 11.0. The third kappa shape index (κ3) is 2.33. The van der Waals surface area contributed by atoms with Crippen LogP contribution in [0.5, 0.6) is 0 Å². The van der Waals surface area contributed by atoms with Crippen molar-refractivity contribution in [3.63, 3.8) is 0 Å². The van der Waals surface area contributed by atoms with Crippen LogP contribution in [-0.2, 0) is 13.5 Å². The molecule has 1 unspecified atom stereocenters. The molecule has 2 heterocycles. The van der Waals surface area contributed by atoms with Gasteiger partial charge < -0.3 is 4.57 Å². The molecule has 0 aliphatic heterocycles. The van der Waals surface area contributed by atoms with Gasteiger partial charge in [-0.25, -0.2) is 4.98 Å². The fourth-order valence-electron chi connectivity index (χ4n) is 2.34. The average molecular weight is 307 g/mol. The van der Waals surface area contributed by atoms with Crippen LogP contribution in [0.3, 0.4) is 0 Å². The number of hydrogen-bond donors (Lipinski definition) is 2. The van der Waals surface area contributed by atoms with E-state index in [4.69, 9.17) is 17.4 Å². The highest BCUT2D eigenvalue weighted by molar-refractivity contribution is 7.10. The lowest BCUT2D eigenvalue weighted by Gasteiger charge is -2.14. The van der Waals surface area contributed by atoms with Crippen LogP contribution < -0.4 is 11.3 Å². The predicted molar refractivity (Wildman–Crippen MR) is 83.8 cm³/mol. The number of thiophene rings is 1. The lowest BCUT2D eigenvalue weighted by atomic mass is 10.1. The molecule has 0 amide bonds. The molecule has 0 bridgehead atoms. The quantitative estimate of drug-likeness (QED) is 0.575. The third-order valence-corrected chi connectivity index (χ3v) is 4.90. The molecule has 1 aromatic carbocycles. The minimum absolute atomic E-state index is 0.0296. The second kappa shape index (κ2) is 5.54. The van der Waals surface area contributed by atoms with Crippen molar-refractivity contribution in [2.24, 2.45) is 12.9 Å². The first-order chi connectivity index (χ1) is 9.70. The SMILES string of the molecule is Cn1c(CC(NN)c2sccc2Cl)nc2ccccc21. The highest BCUT2D eigenvalue weighted by atomic mass is 35.5. The van der Waals surface area contributed by atoms with Crippen LogP contribution in [0.25, 0.3) is 11.0 Å². The largest absolute Gasteiger partial charge is 0.331 e. The fourth-order valence-corrected chi connectivity index (χ4v) is 3.59. The number of hydrazine groups is 1. The van der Waals surface area contributed by atoms with Crippen LogP contribution >= 0.6 is 22.9 Å². The molecule has 4 nitrogen and oxygen atoms in total. The Morgan fingerprint density at radius 3 is 2.85 bits per heavy atom. The van der Waals surface area contributed by atoms with Crippen molar-refractivity contribution in [3.05, 3.63) is 51.4 Å². The number of aryl methyl sites for hydroxylation is 1. The van der Waals surface area contributed by atoms with Gasteiger partial charge in [-0.2, -0.15) is 0 Å². The standard InChI is InChI=1S/C14H15ClN4S/c1-19-12-5-3-2-4-10(12)17-13(19)8-11(18-16)14-9(15)6-7-20-14/h2-7,11,18H,8,16H2,1H3. The van der Waals surface area contributed by atoms with Crippen molar-refractivity contribution < 1.29 is 0 Å². The van der Waals surface area contributed by atoms with Crippen molar-refractivity contribution in [3.8, 4) is 0 Å². The second-order valence-corrected chi connectivity index (χ2v) is 5.99. The summed E-state index contributed by atoms with van der Waals surface area (Å²) >= 11 is 7.79. The first-order valence-electron chi connectivity index (χ1n) is 6.30. The summed E-state index contributed by atoms with van der Waals surface area (Å²) in [5.74, 6) is 6.67. The Hall–Kier alpha value is -1.40. The predicted octanol–water partition coefficient (Wildman–Crippen LogP) is 3.04. The summed E-state index contributed by atoms with van der Waals surface area (Å²) in [5, 5.41) is 2.72. The van der Waals surface area contributed by atoms with Gasteiger partial charge in [0.25, 0.3) is 0 Å². The molecule has 0 spiro atoms. The molecular formula is C14H15ClN4S. The average Bonchev–Trinajstić information content (AvgIpc) is 3.01. The number of nitrogens with two attached hydrogens (primary N) is 1. The highest BCUT2D eigenvalue weighted by Gasteiger charge is 2.18. The van der Waals surface area contributed by atoms with E-state index in [9.17, 15) is 0 Å². The Morgan fingerprint density at radius 2 is 2.20 bits per heavy atom. The van der Waals surface area contributed by atoms with Gasteiger partial charge in [-0.1, -0.05) is 23.7 Å². The Bertz CT molecular complexity index is 734. The smallest absolute Gasteiger partial charge is 0.111 e. The van der Waals surface area contributed by atoms with Gasteiger partial charge in [-0.3, -0.25) is 11.3 Å². The van der Waals surface area contributed by atoms with E-state index in [1.54, 1.807) is 11.3 Å². The highest BCUT2D eigenvalue weighted by Crippen LogP contribution is 2.30. The summed E-state index contributed by atoms with van der Waals surface area (Å²) in [6.07, 6.45) is 0.696. The number of nitrogens with one attached hydrogen (secondary N) is 1.